The molecule has 0 atom stereocenters. The second-order valence-electron chi connectivity index (χ2n) is 7.08. The molecule has 1 heterocycles. The van der Waals surface area contributed by atoms with Gasteiger partial charge in [0.25, 0.3) is 11.8 Å². The lowest BCUT2D eigenvalue weighted by Crippen LogP contribution is -2.22. The number of carbonyl (C=O) groups excluding carboxylic acids is 2. The number of hydrogen-bond acceptors (Lipinski definition) is 5. The van der Waals surface area contributed by atoms with Crippen molar-refractivity contribution in [1.82, 2.24) is 5.32 Å². The fraction of sp³-hybridized carbons (Fsp3) is 0.0769. The molecule has 0 saturated carbocycles. The molecule has 0 aliphatic rings. The number of benzene rings is 3. The van der Waals surface area contributed by atoms with Crippen LogP contribution in [-0.2, 0) is 11.3 Å². The first-order valence-electron chi connectivity index (χ1n) is 10.3. The van der Waals surface area contributed by atoms with E-state index in [1.165, 1.54) is 6.26 Å². The van der Waals surface area contributed by atoms with E-state index in [4.69, 9.17) is 13.9 Å². The molecule has 1 aromatic heterocycles. The number of rotatable bonds is 9. The van der Waals surface area contributed by atoms with E-state index in [0.717, 1.165) is 5.56 Å². The Kier molecular flexibility index (Phi) is 7.02. The predicted octanol–water partition coefficient (Wildman–Crippen LogP) is 5.02. The standard InChI is InChI=1S/C26H22N2O5/c29-25(18-32-21-5-2-1-3-6-21)28-20-10-14-23(15-11-20)33-22-12-8-19(9-13-22)17-27-26(30)24-7-4-16-31-24/h1-16H,17-18H2,(H,27,30)(H,28,29). The molecular weight excluding hydrogens is 420 g/mol. The smallest absolute Gasteiger partial charge is 0.287 e. The molecule has 33 heavy (non-hydrogen) atoms. The number of nitrogens with one attached hydrogen (secondary N) is 2. The van der Waals surface area contributed by atoms with Gasteiger partial charge in [0.15, 0.2) is 12.4 Å². The Balaban J connectivity index is 1.23. The Hall–Kier alpha value is -4.52. The monoisotopic (exact) mass is 442 g/mol. The van der Waals surface area contributed by atoms with Crippen molar-refractivity contribution in [2.24, 2.45) is 0 Å². The van der Waals surface area contributed by atoms with Crippen molar-refractivity contribution in [3.63, 3.8) is 0 Å². The van der Waals surface area contributed by atoms with Crippen LogP contribution in [0.2, 0.25) is 0 Å². The Morgan fingerprint density at radius 1 is 0.758 bits per heavy atom. The van der Waals surface area contributed by atoms with Gasteiger partial charge in [0.1, 0.15) is 17.2 Å². The fourth-order valence-electron chi connectivity index (χ4n) is 2.96. The van der Waals surface area contributed by atoms with Gasteiger partial charge in [0.2, 0.25) is 0 Å². The van der Waals surface area contributed by atoms with Gasteiger partial charge >= 0.3 is 0 Å². The van der Waals surface area contributed by atoms with E-state index in [1.54, 1.807) is 48.5 Å². The molecule has 4 aromatic rings. The summed E-state index contributed by atoms with van der Waals surface area (Å²) in [5, 5.41) is 5.58. The van der Waals surface area contributed by atoms with Gasteiger partial charge in [-0.05, 0) is 66.2 Å². The molecule has 2 amide bonds. The zero-order valence-electron chi connectivity index (χ0n) is 17.7. The zero-order valence-corrected chi connectivity index (χ0v) is 17.7. The van der Waals surface area contributed by atoms with E-state index in [9.17, 15) is 9.59 Å². The number of amides is 2. The van der Waals surface area contributed by atoms with Crippen molar-refractivity contribution >= 4 is 17.5 Å². The van der Waals surface area contributed by atoms with Crippen LogP contribution in [0.15, 0.2) is 102 Å². The van der Waals surface area contributed by atoms with Gasteiger partial charge in [0, 0.05) is 12.2 Å². The fourth-order valence-corrected chi connectivity index (χ4v) is 2.96. The van der Waals surface area contributed by atoms with Crippen molar-refractivity contribution in [2.75, 3.05) is 11.9 Å². The minimum Gasteiger partial charge on any atom is -0.484 e. The molecule has 0 aliphatic carbocycles. The molecule has 0 bridgehead atoms. The first-order chi connectivity index (χ1) is 16.2. The first kappa shape index (κ1) is 21.7. The molecule has 0 radical (unpaired) electrons. The predicted molar refractivity (Wildman–Crippen MR) is 123 cm³/mol. The molecule has 0 fully saturated rings. The van der Waals surface area contributed by atoms with Gasteiger partial charge < -0.3 is 24.5 Å². The zero-order chi connectivity index (χ0) is 22.9. The molecule has 2 N–H and O–H groups in total. The van der Waals surface area contributed by atoms with Gasteiger partial charge in [-0.3, -0.25) is 9.59 Å². The van der Waals surface area contributed by atoms with Crippen LogP contribution in [0.1, 0.15) is 16.1 Å². The quantitative estimate of drug-likeness (QED) is 0.380. The van der Waals surface area contributed by atoms with Crippen LogP contribution in [-0.4, -0.2) is 18.4 Å². The lowest BCUT2D eigenvalue weighted by Gasteiger charge is -2.10. The van der Waals surface area contributed by atoms with Crippen molar-refractivity contribution in [3.05, 3.63) is 109 Å². The average Bonchev–Trinajstić information content (AvgIpc) is 3.39. The van der Waals surface area contributed by atoms with Gasteiger partial charge in [-0.2, -0.15) is 0 Å². The molecule has 7 nitrogen and oxygen atoms in total. The van der Waals surface area contributed by atoms with Crippen molar-refractivity contribution in [1.29, 1.82) is 0 Å². The number of furan rings is 1. The Morgan fingerprint density at radius 3 is 2.12 bits per heavy atom. The van der Waals surface area contributed by atoms with Crippen LogP contribution in [0, 0.1) is 0 Å². The summed E-state index contributed by atoms with van der Waals surface area (Å²) >= 11 is 0. The molecule has 4 rings (SSSR count). The summed E-state index contributed by atoms with van der Waals surface area (Å²) in [7, 11) is 0. The second-order valence-corrected chi connectivity index (χ2v) is 7.08. The van der Waals surface area contributed by atoms with Crippen molar-refractivity contribution in [3.8, 4) is 17.2 Å². The van der Waals surface area contributed by atoms with Crippen LogP contribution < -0.4 is 20.1 Å². The van der Waals surface area contributed by atoms with Crippen LogP contribution in [0.4, 0.5) is 5.69 Å². The Bertz CT molecular complexity index is 1170. The molecule has 0 spiro atoms. The summed E-state index contributed by atoms with van der Waals surface area (Å²) in [6.45, 7) is 0.304. The summed E-state index contributed by atoms with van der Waals surface area (Å²) in [5.74, 6) is 1.69. The van der Waals surface area contributed by atoms with Gasteiger partial charge in [0.05, 0.1) is 6.26 Å². The number of ether oxygens (including phenoxy) is 2. The van der Waals surface area contributed by atoms with E-state index >= 15 is 0 Å². The number of anilines is 1. The third kappa shape index (κ3) is 6.48. The third-order valence-electron chi connectivity index (χ3n) is 4.61. The first-order valence-corrected chi connectivity index (χ1v) is 10.3. The Labute approximate surface area is 191 Å². The highest BCUT2D eigenvalue weighted by Crippen LogP contribution is 2.23. The van der Waals surface area contributed by atoms with E-state index < -0.39 is 0 Å². The highest BCUT2D eigenvalue weighted by Gasteiger charge is 2.08. The van der Waals surface area contributed by atoms with E-state index in [-0.39, 0.29) is 24.2 Å². The summed E-state index contributed by atoms with van der Waals surface area (Å²) in [4.78, 5) is 24.0. The maximum atomic E-state index is 12.1. The molecule has 0 aliphatic heterocycles. The summed E-state index contributed by atoms with van der Waals surface area (Å²) < 4.78 is 16.3. The minimum atomic E-state index is -0.265. The largest absolute Gasteiger partial charge is 0.484 e. The topological polar surface area (TPSA) is 89.8 Å². The van der Waals surface area contributed by atoms with Crippen LogP contribution in [0.3, 0.4) is 0 Å². The van der Waals surface area contributed by atoms with Gasteiger partial charge in [-0.15, -0.1) is 0 Å². The van der Waals surface area contributed by atoms with E-state index in [0.29, 0.717) is 29.5 Å². The SMILES string of the molecule is O=C(COc1ccccc1)Nc1ccc(Oc2ccc(CNC(=O)c3ccco3)cc2)cc1. The number of carbonyl (C=O) groups is 2. The normalized spacial score (nSPS) is 10.3. The van der Waals surface area contributed by atoms with Gasteiger partial charge in [-0.25, -0.2) is 0 Å². The summed E-state index contributed by atoms with van der Waals surface area (Å²) in [6, 6.07) is 26.9. The summed E-state index contributed by atoms with van der Waals surface area (Å²) in [6.07, 6.45) is 1.46. The van der Waals surface area contributed by atoms with E-state index in [1.807, 2.05) is 42.5 Å². The average molecular weight is 442 g/mol. The second kappa shape index (κ2) is 10.7. The lowest BCUT2D eigenvalue weighted by atomic mass is 10.2. The van der Waals surface area contributed by atoms with Crippen LogP contribution in [0.25, 0.3) is 0 Å². The summed E-state index contributed by atoms with van der Waals surface area (Å²) in [5.41, 5.74) is 1.57. The molecule has 7 heteroatoms. The minimum absolute atomic E-state index is 0.0728. The maximum Gasteiger partial charge on any atom is 0.287 e. The number of hydrogen-bond donors (Lipinski definition) is 2. The van der Waals surface area contributed by atoms with Crippen LogP contribution >= 0.6 is 0 Å². The molecule has 166 valence electrons. The number of para-hydroxylation sites is 1. The third-order valence-corrected chi connectivity index (χ3v) is 4.61. The molecule has 3 aromatic carbocycles. The Morgan fingerprint density at radius 2 is 1.45 bits per heavy atom. The lowest BCUT2D eigenvalue weighted by molar-refractivity contribution is -0.118. The van der Waals surface area contributed by atoms with E-state index in [2.05, 4.69) is 10.6 Å². The highest BCUT2D eigenvalue weighted by atomic mass is 16.5. The molecular formula is C26H22N2O5. The molecule has 0 unspecified atom stereocenters. The maximum absolute atomic E-state index is 12.1. The molecule has 0 saturated heterocycles. The van der Waals surface area contributed by atoms with Crippen molar-refractivity contribution < 1.29 is 23.5 Å². The van der Waals surface area contributed by atoms with Crippen molar-refractivity contribution in [2.45, 2.75) is 6.54 Å². The van der Waals surface area contributed by atoms with Crippen LogP contribution in [0.5, 0.6) is 17.2 Å². The van der Waals surface area contributed by atoms with Gasteiger partial charge in [-0.1, -0.05) is 30.3 Å². The highest BCUT2D eigenvalue weighted by molar-refractivity contribution is 5.92.